The van der Waals surface area contributed by atoms with E-state index in [0.717, 1.165) is 27.6 Å². The van der Waals surface area contributed by atoms with Gasteiger partial charge in [-0.1, -0.05) is 6.92 Å². The maximum atomic E-state index is 13.4. The number of thiazole rings is 1. The van der Waals surface area contributed by atoms with Crippen molar-refractivity contribution in [3.05, 3.63) is 51.8 Å². The summed E-state index contributed by atoms with van der Waals surface area (Å²) in [4.78, 5) is 47.8. The molecule has 5 rings (SSSR count). The van der Waals surface area contributed by atoms with Crippen LogP contribution < -0.4 is 19.3 Å². The van der Waals surface area contributed by atoms with Crippen LogP contribution in [0.1, 0.15) is 40.5 Å². The first-order valence-electron chi connectivity index (χ1n) is 11.9. The van der Waals surface area contributed by atoms with E-state index in [4.69, 9.17) is 9.47 Å². The largest absolute Gasteiger partial charge is 0.482 e. The van der Waals surface area contributed by atoms with Gasteiger partial charge in [-0.05, 0) is 63.6 Å². The quantitative estimate of drug-likeness (QED) is 0.457. The monoisotopic (exact) mass is 505 g/mol. The maximum Gasteiger partial charge on any atom is 0.268 e. The highest BCUT2D eigenvalue weighted by atomic mass is 32.1. The number of carbonyl (C=O) groups excluding carboxylic acids is 3. The van der Waals surface area contributed by atoms with Crippen LogP contribution in [0.3, 0.4) is 0 Å². The van der Waals surface area contributed by atoms with Crippen LogP contribution in [0.2, 0.25) is 0 Å². The van der Waals surface area contributed by atoms with Crippen LogP contribution in [0.4, 0.5) is 11.4 Å². The van der Waals surface area contributed by atoms with Gasteiger partial charge in [0.05, 0.1) is 28.6 Å². The summed E-state index contributed by atoms with van der Waals surface area (Å²) in [7, 11) is 0. The normalized spacial score (nSPS) is 16.8. The topological polar surface area (TPSA) is 89.0 Å². The van der Waals surface area contributed by atoms with E-state index in [-0.39, 0.29) is 30.7 Å². The number of ether oxygens (including phenoxy) is 2. The molecule has 186 valence electrons. The zero-order valence-electron chi connectivity index (χ0n) is 20.7. The van der Waals surface area contributed by atoms with Crippen molar-refractivity contribution in [2.75, 3.05) is 29.5 Å². The van der Waals surface area contributed by atoms with Crippen molar-refractivity contribution in [2.24, 2.45) is 0 Å². The lowest BCUT2D eigenvalue weighted by molar-refractivity contribution is -0.125. The van der Waals surface area contributed by atoms with E-state index in [2.05, 4.69) is 4.98 Å². The summed E-state index contributed by atoms with van der Waals surface area (Å²) >= 11 is 1.61. The van der Waals surface area contributed by atoms with Crippen LogP contribution in [0.15, 0.2) is 36.4 Å². The SMILES string of the molecule is CCCN1C(=O)COc2ccc(C(=O)CN3C(=O)C(C)Oc4ccc(-c5nc(C)sc5C)cc43)cc21. The Morgan fingerprint density at radius 2 is 1.83 bits per heavy atom. The molecule has 1 aromatic heterocycles. The second kappa shape index (κ2) is 9.39. The molecule has 0 N–H and O–H groups in total. The zero-order chi connectivity index (χ0) is 25.6. The number of hydrogen-bond acceptors (Lipinski definition) is 7. The third kappa shape index (κ3) is 4.24. The van der Waals surface area contributed by atoms with Crippen molar-refractivity contribution in [2.45, 2.75) is 40.2 Å². The summed E-state index contributed by atoms with van der Waals surface area (Å²) in [5.41, 5.74) is 3.24. The van der Waals surface area contributed by atoms with Crippen LogP contribution in [-0.4, -0.2) is 48.4 Å². The molecule has 2 aliphatic rings. The van der Waals surface area contributed by atoms with Crippen LogP contribution in [0.25, 0.3) is 11.3 Å². The van der Waals surface area contributed by atoms with Gasteiger partial charge in [0.1, 0.15) is 11.5 Å². The van der Waals surface area contributed by atoms with Crippen molar-refractivity contribution in [3.8, 4) is 22.8 Å². The Bertz CT molecular complexity index is 1380. The lowest BCUT2D eigenvalue weighted by atomic mass is 10.0. The van der Waals surface area contributed by atoms with E-state index in [9.17, 15) is 14.4 Å². The van der Waals surface area contributed by atoms with E-state index in [1.54, 1.807) is 41.4 Å². The molecular weight excluding hydrogens is 478 g/mol. The minimum Gasteiger partial charge on any atom is -0.482 e. The molecule has 8 nitrogen and oxygen atoms in total. The first-order chi connectivity index (χ1) is 17.3. The van der Waals surface area contributed by atoms with Gasteiger partial charge in [-0.15, -0.1) is 11.3 Å². The molecule has 0 saturated carbocycles. The van der Waals surface area contributed by atoms with Crippen LogP contribution in [-0.2, 0) is 9.59 Å². The summed E-state index contributed by atoms with van der Waals surface area (Å²) < 4.78 is 11.4. The van der Waals surface area contributed by atoms with Gasteiger partial charge >= 0.3 is 0 Å². The molecule has 9 heteroatoms. The van der Waals surface area contributed by atoms with Gasteiger partial charge in [0.15, 0.2) is 18.5 Å². The molecule has 3 aromatic rings. The smallest absolute Gasteiger partial charge is 0.268 e. The molecule has 1 unspecified atom stereocenters. The Morgan fingerprint density at radius 3 is 2.56 bits per heavy atom. The average Bonchev–Trinajstić information content (AvgIpc) is 3.20. The summed E-state index contributed by atoms with van der Waals surface area (Å²) in [6.45, 7) is 8.00. The summed E-state index contributed by atoms with van der Waals surface area (Å²) in [5, 5.41) is 0.959. The van der Waals surface area contributed by atoms with Gasteiger partial charge in [-0.25, -0.2) is 4.98 Å². The molecule has 0 fully saturated rings. The number of rotatable bonds is 6. The number of aryl methyl sites for hydroxylation is 2. The second-order valence-electron chi connectivity index (χ2n) is 8.94. The van der Waals surface area contributed by atoms with E-state index < -0.39 is 6.10 Å². The molecule has 36 heavy (non-hydrogen) atoms. The minimum atomic E-state index is -0.714. The minimum absolute atomic E-state index is 0.0163. The van der Waals surface area contributed by atoms with E-state index in [0.29, 0.717) is 35.0 Å². The van der Waals surface area contributed by atoms with Crippen molar-refractivity contribution in [1.82, 2.24) is 4.98 Å². The average molecular weight is 506 g/mol. The molecule has 0 aliphatic carbocycles. The summed E-state index contributed by atoms with van der Waals surface area (Å²) in [6, 6.07) is 10.7. The lowest BCUT2D eigenvalue weighted by Crippen LogP contribution is -2.46. The zero-order valence-corrected chi connectivity index (χ0v) is 21.5. The Labute approximate surface area is 213 Å². The Balaban J connectivity index is 1.48. The molecule has 3 heterocycles. The van der Waals surface area contributed by atoms with Gasteiger partial charge in [-0.3, -0.25) is 19.3 Å². The van der Waals surface area contributed by atoms with Gasteiger partial charge in [0, 0.05) is 22.5 Å². The van der Waals surface area contributed by atoms with Gasteiger partial charge in [0.25, 0.3) is 11.8 Å². The second-order valence-corrected chi connectivity index (χ2v) is 10.4. The van der Waals surface area contributed by atoms with E-state index in [1.165, 1.54) is 4.90 Å². The molecule has 1 atom stereocenters. The number of Topliss-reactive ketones (excluding diaryl/α,β-unsaturated/α-hetero) is 1. The number of fused-ring (bicyclic) bond motifs is 2. The third-order valence-corrected chi connectivity index (χ3v) is 7.20. The fraction of sp³-hybridized carbons (Fsp3) is 0.333. The van der Waals surface area contributed by atoms with Crippen molar-refractivity contribution < 1.29 is 23.9 Å². The van der Waals surface area contributed by atoms with Gasteiger partial charge in [0.2, 0.25) is 0 Å². The predicted octanol–water partition coefficient (Wildman–Crippen LogP) is 4.56. The summed E-state index contributed by atoms with van der Waals surface area (Å²) in [6.07, 6.45) is 0.0645. The van der Waals surface area contributed by atoms with E-state index >= 15 is 0 Å². The van der Waals surface area contributed by atoms with Gasteiger partial charge < -0.3 is 14.4 Å². The van der Waals surface area contributed by atoms with Crippen molar-refractivity contribution in [1.29, 1.82) is 0 Å². The lowest BCUT2D eigenvalue weighted by Gasteiger charge is -2.33. The van der Waals surface area contributed by atoms with Gasteiger partial charge in [-0.2, -0.15) is 0 Å². The number of carbonyl (C=O) groups is 3. The number of hydrogen-bond donors (Lipinski definition) is 0. The molecule has 2 aliphatic heterocycles. The molecule has 2 amide bonds. The fourth-order valence-electron chi connectivity index (χ4n) is 4.59. The molecule has 0 bridgehead atoms. The fourth-order valence-corrected chi connectivity index (χ4v) is 5.43. The van der Waals surface area contributed by atoms with Crippen LogP contribution in [0, 0.1) is 13.8 Å². The Hall–Kier alpha value is -3.72. The molecule has 0 spiro atoms. The number of ketones is 1. The van der Waals surface area contributed by atoms with Crippen LogP contribution >= 0.6 is 11.3 Å². The highest BCUT2D eigenvalue weighted by Crippen LogP contribution is 2.39. The predicted molar refractivity (Wildman–Crippen MR) is 138 cm³/mol. The van der Waals surface area contributed by atoms with Crippen LogP contribution in [0.5, 0.6) is 11.5 Å². The molecule has 0 saturated heterocycles. The number of aromatic nitrogens is 1. The molecular formula is C27H27N3O5S. The number of benzene rings is 2. The standard InChI is InChI=1S/C27H27N3O5S/c1-5-10-29-20-11-18(6-8-23(20)34-14-25(29)32)22(31)13-30-21-12-19(26-16(3)36-17(4)28-26)7-9-24(21)35-15(2)27(30)33/h6-9,11-12,15H,5,10,13-14H2,1-4H3. The summed E-state index contributed by atoms with van der Waals surface area (Å²) in [5.74, 6) is 0.441. The number of anilines is 2. The molecule has 2 aromatic carbocycles. The van der Waals surface area contributed by atoms with Crippen molar-refractivity contribution >= 4 is 40.3 Å². The highest BCUT2D eigenvalue weighted by molar-refractivity contribution is 7.11. The first-order valence-corrected chi connectivity index (χ1v) is 12.8. The Kier molecular flexibility index (Phi) is 6.26. The van der Waals surface area contributed by atoms with E-state index in [1.807, 2.05) is 39.0 Å². The third-order valence-electron chi connectivity index (χ3n) is 6.32. The van der Waals surface area contributed by atoms with Crippen molar-refractivity contribution in [3.63, 3.8) is 0 Å². The maximum absolute atomic E-state index is 13.4. The molecule has 0 radical (unpaired) electrons. The Morgan fingerprint density at radius 1 is 1.08 bits per heavy atom. The number of amides is 2. The number of nitrogens with zero attached hydrogens (tertiary/aromatic N) is 3. The highest BCUT2D eigenvalue weighted by Gasteiger charge is 2.34. The first kappa shape index (κ1) is 24.0.